The van der Waals surface area contributed by atoms with Crippen LogP contribution in [0.15, 0.2) is 10.6 Å². The third-order valence-electron chi connectivity index (χ3n) is 11.8. The number of ether oxygens (including phenoxy) is 1. The molecule has 0 aliphatic heterocycles. The van der Waals surface area contributed by atoms with Gasteiger partial charge in [0.25, 0.3) is 0 Å². The first-order valence-electron chi connectivity index (χ1n) is 13.1. The van der Waals surface area contributed by atoms with E-state index in [0.717, 1.165) is 35.5 Å². The van der Waals surface area contributed by atoms with Crippen molar-refractivity contribution in [1.29, 1.82) is 0 Å². The van der Waals surface area contributed by atoms with E-state index >= 15 is 0 Å². The molecule has 5 saturated carbocycles. The lowest BCUT2D eigenvalue weighted by Crippen LogP contribution is -2.57. The lowest BCUT2D eigenvalue weighted by Gasteiger charge is -2.61. The monoisotopic (exact) mass is 476 g/mol. The lowest BCUT2D eigenvalue weighted by molar-refractivity contribution is -0.161. The maximum Gasteiger partial charge on any atom is 0.0638 e. The fourth-order valence-electron chi connectivity index (χ4n) is 10.3. The van der Waals surface area contributed by atoms with E-state index in [-0.39, 0.29) is 0 Å². The molecule has 0 unspecified atom stereocenters. The molecule has 2 heteroatoms. The number of hydrogen-bond acceptors (Lipinski definition) is 1. The van der Waals surface area contributed by atoms with Crippen LogP contribution in [-0.4, -0.2) is 13.2 Å². The first kappa shape index (κ1) is 22.0. The van der Waals surface area contributed by atoms with E-state index in [1.165, 1.54) is 62.3 Å². The summed E-state index contributed by atoms with van der Waals surface area (Å²) in [5.41, 5.74) is 1.69. The van der Waals surface area contributed by atoms with Crippen LogP contribution in [-0.2, 0) is 4.74 Å². The number of fused-ring (bicyclic) bond motifs is 4. The summed E-state index contributed by atoms with van der Waals surface area (Å²) in [5, 5.41) is 0. The molecule has 5 fully saturated rings. The van der Waals surface area contributed by atoms with Crippen LogP contribution in [0.25, 0.3) is 0 Å². The van der Waals surface area contributed by atoms with E-state index in [4.69, 9.17) is 4.74 Å². The molecule has 1 nitrogen and oxygen atoms in total. The molecule has 0 aromatic carbocycles. The Morgan fingerprint density at radius 2 is 1.83 bits per heavy atom. The Balaban J connectivity index is 1.38. The fourth-order valence-corrected chi connectivity index (χ4v) is 10.4. The fraction of sp³-hybridized carbons (Fsp3) is 0.929. The van der Waals surface area contributed by atoms with Gasteiger partial charge in [-0.2, -0.15) is 0 Å². The Labute approximate surface area is 194 Å². The molecule has 0 heterocycles. The zero-order valence-electron chi connectivity index (χ0n) is 20.3. The molecular weight excluding hydrogens is 432 g/mol. The highest BCUT2D eigenvalue weighted by Crippen LogP contribution is 2.82. The molecule has 1 spiro atoms. The van der Waals surface area contributed by atoms with Crippen LogP contribution in [0, 0.1) is 57.7 Å². The van der Waals surface area contributed by atoms with Gasteiger partial charge >= 0.3 is 0 Å². The molecule has 0 radical (unpaired) electrons. The largest absolute Gasteiger partial charge is 0.381 e. The first-order chi connectivity index (χ1) is 14.2. The van der Waals surface area contributed by atoms with Crippen LogP contribution in [0.4, 0.5) is 0 Å². The minimum absolute atomic E-state index is 0.542. The second-order valence-corrected chi connectivity index (χ2v) is 13.8. The molecule has 5 aliphatic rings. The number of rotatable bonds is 5. The van der Waals surface area contributed by atoms with Gasteiger partial charge in [0.05, 0.1) is 6.10 Å². The third kappa shape index (κ3) is 2.80. The van der Waals surface area contributed by atoms with Gasteiger partial charge in [-0.1, -0.05) is 56.6 Å². The van der Waals surface area contributed by atoms with Gasteiger partial charge in [-0.25, -0.2) is 0 Å². The molecule has 5 rings (SSSR count). The smallest absolute Gasteiger partial charge is 0.0638 e. The molecular formula is C28H45BrO. The molecule has 0 N–H and O–H groups in total. The van der Waals surface area contributed by atoms with Crippen molar-refractivity contribution in [3.63, 3.8) is 0 Å². The summed E-state index contributed by atoms with van der Waals surface area (Å²) in [5.74, 6) is 6.12. The SMILES string of the molecule is CO[C@@H]1C[C@H]2[C@@H]3CC[C@H]([C@H](C)C/C=C(\Br)C(C)C)[C@@]3(C)CC[C@@H]2[C@@]2(C)CC[C@@H]3C[C@]312. The summed E-state index contributed by atoms with van der Waals surface area (Å²) in [6, 6.07) is 0. The highest BCUT2D eigenvalue weighted by atomic mass is 79.9. The Bertz CT molecular complexity index is 713. The lowest BCUT2D eigenvalue weighted by atomic mass is 9.45. The topological polar surface area (TPSA) is 9.23 Å². The highest BCUT2D eigenvalue weighted by Gasteiger charge is 2.77. The maximum atomic E-state index is 6.29. The highest BCUT2D eigenvalue weighted by molar-refractivity contribution is 9.11. The molecule has 0 bridgehead atoms. The molecule has 30 heavy (non-hydrogen) atoms. The average molecular weight is 478 g/mol. The van der Waals surface area contributed by atoms with Gasteiger partial charge in [-0.15, -0.1) is 0 Å². The second kappa shape index (κ2) is 7.34. The van der Waals surface area contributed by atoms with Gasteiger partial charge in [0, 0.05) is 12.5 Å². The van der Waals surface area contributed by atoms with Gasteiger partial charge in [0.2, 0.25) is 0 Å². The Kier molecular flexibility index (Phi) is 5.38. The van der Waals surface area contributed by atoms with Crippen molar-refractivity contribution in [3.05, 3.63) is 10.6 Å². The predicted molar refractivity (Wildman–Crippen MR) is 129 cm³/mol. The Morgan fingerprint density at radius 3 is 2.50 bits per heavy atom. The second-order valence-electron chi connectivity index (χ2n) is 12.9. The van der Waals surface area contributed by atoms with E-state index in [9.17, 15) is 0 Å². The molecule has 10 atom stereocenters. The summed E-state index contributed by atoms with van der Waals surface area (Å²) in [4.78, 5) is 0. The third-order valence-corrected chi connectivity index (χ3v) is 13.1. The van der Waals surface area contributed by atoms with E-state index in [2.05, 4.69) is 56.6 Å². The number of hydrogen-bond donors (Lipinski definition) is 0. The van der Waals surface area contributed by atoms with E-state index in [1.807, 2.05) is 7.11 Å². The van der Waals surface area contributed by atoms with Crippen molar-refractivity contribution in [2.75, 3.05) is 7.11 Å². The van der Waals surface area contributed by atoms with Crippen LogP contribution in [0.1, 0.15) is 92.4 Å². The van der Waals surface area contributed by atoms with Gasteiger partial charge in [0.1, 0.15) is 0 Å². The van der Waals surface area contributed by atoms with Gasteiger partial charge < -0.3 is 4.74 Å². The van der Waals surface area contributed by atoms with E-state index < -0.39 is 0 Å². The molecule has 0 saturated heterocycles. The normalized spacial score (nSPS) is 53.1. The summed E-state index contributed by atoms with van der Waals surface area (Å²) in [6.45, 7) is 12.5. The molecule has 0 aromatic rings. The van der Waals surface area contributed by atoms with Gasteiger partial charge in [-0.05, 0) is 115 Å². The van der Waals surface area contributed by atoms with Crippen molar-refractivity contribution < 1.29 is 4.74 Å². The summed E-state index contributed by atoms with van der Waals surface area (Å²) >= 11 is 3.81. The van der Waals surface area contributed by atoms with Gasteiger partial charge in [-0.3, -0.25) is 0 Å². The number of halogens is 1. The van der Waals surface area contributed by atoms with Crippen molar-refractivity contribution in [2.45, 2.75) is 98.5 Å². The molecule has 0 amide bonds. The van der Waals surface area contributed by atoms with Gasteiger partial charge in [0.15, 0.2) is 0 Å². The minimum Gasteiger partial charge on any atom is -0.381 e. The average Bonchev–Trinajstić information content (AvgIpc) is 3.22. The van der Waals surface area contributed by atoms with Crippen LogP contribution in [0.5, 0.6) is 0 Å². The van der Waals surface area contributed by atoms with Crippen molar-refractivity contribution in [3.8, 4) is 0 Å². The number of allylic oxidation sites excluding steroid dienone is 2. The van der Waals surface area contributed by atoms with Crippen LogP contribution >= 0.6 is 15.9 Å². The van der Waals surface area contributed by atoms with Crippen molar-refractivity contribution in [2.24, 2.45) is 57.7 Å². The molecule has 5 aliphatic carbocycles. The van der Waals surface area contributed by atoms with Crippen LogP contribution in [0.3, 0.4) is 0 Å². The Morgan fingerprint density at radius 1 is 1.07 bits per heavy atom. The minimum atomic E-state index is 0.542. The number of methoxy groups -OCH3 is 1. The zero-order chi connectivity index (χ0) is 21.5. The van der Waals surface area contributed by atoms with E-state index in [0.29, 0.717) is 28.3 Å². The van der Waals surface area contributed by atoms with Crippen LogP contribution in [0.2, 0.25) is 0 Å². The molecule has 0 aromatic heterocycles. The van der Waals surface area contributed by atoms with E-state index in [1.54, 1.807) is 0 Å². The van der Waals surface area contributed by atoms with Crippen molar-refractivity contribution >= 4 is 15.9 Å². The summed E-state index contributed by atoms with van der Waals surface area (Å²) < 4.78 is 7.69. The zero-order valence-corrected chi connectivity index (χ0v) is 21.9. The van der Waals surface area contributed by atoms with Crippen molar-refractivity contribution in [1.82, 2.24) is 0 Å². The van der Waals surface area contributed by atoms with Crippen LogP contribution < -0.4 is 0 Å². The maximum absolute atomic E-state index is 6.29. The quantitative estimate of drug-likeness (QED) is 0.387. The summed E-state index contributed by atoms with van der Waals surface area (Å²) in [7, 11) is 2.02. The predicted octanol–water partition coefficient (Wildman–Crippen LogP) is 8.23. The first-order valence-corrected chi connectivity index (χ1v) is 13.9. The Hall–Kier alpha value is 0.180. The standard InChI is InChI=1S/C28H45BrO/c1-17(2)24(29)10-7-18(3)21-8-9-22-20-15-25(30-6)28-16-19(28)11-14-27(28,5)23(20)12-13-26(21,22)4/h10,17-23,25H,7-9,11-16H2,1-6H3/b24-10-/t18-,19-,20+,21-,22+,23+,25-,26-,27-,28+/m1/s1. The summed E-state index contributed by atoms with van der Waals surface area (Å²) in [6.07, 6.45) is 16.0. The molecule has 170 valence electrons.